The molecular formula is C29H37F3N2O4. The van der Waals surface area contributed by atoms with E-state index in [2.05, 4.69) is 4.98 Å². The lowest BCUT2D eigenvalue weighted by Crippen LogP contribution is -2.50. The van der Waals surface area contributed by atoms with Crippen LogP contribution < -0.4 is 4.74 Å². The third-order valence-electron chi connectivity index (χ3n) is 7.31. The number of amides is 1. The van der Waals surface area contributed by atoms with Crippen molar-refractivity contribution >= 4 is 6.09 Å². The third-order valence-corrected chi connectivity index (χ3v) is 7.31. The van der Waals surface area contributed by atoms with E-state index in [0.29, 0.717) is 30.7 Å². The van der Waals surface area contributed by atoms with E-state index in [0.717, 1.165) is 43.5 Å². The summed E-state index contributed by atoms with van der Waals surface area (Å²) < 4.78 is 58.6. The Morgan fingerprint density at radius 3 is 2.47 bits per heavy atom. The van der Waals surface area contributed by atoms with Crippen molar-refractivity contribution in [3.05, 3.63) is 59.4 Å². The fourth-order valence-electron chi connectivity index (χ4n) is 5.72. The van der Waals surface area contributed by atoms with Crippen LogP contribution in [-0.4, -0.2) is 47.4 Å². The van der Waals surface area contributed by atoms with Gasteiger partial charge in [-0.05, 0) is 51.7 Å². The highest BCUT2D eigenvalue weighted by Gasteiger charge is 2.52. The number of aromatic nitrogens is 1. The lowest BCUT2D eigenvalue weighted by atomic mass is 9.78. The highest BCUT2D eigenvalue weighted by atomic mass is 19.4. The summed E-state index contributed by atoms with van der Waals surface area (Å²) in [5.74, 6) is -0.0616. The normalized spacial score (nSPS) is 25.0. The van der Waals surface area contributed by atoms with Gasteiger partial charge in [-0.15, -0.1) is 0 Å². The van der Waals surface area contributed by atoms with Crippen LogP contribution in [0.5, 0.6) is 5.75 Å². The summed E-state index contributed by atoms with van der Waals surface area (Å²) in [5, 5.41) is 0. The number of carbonyl (C=O) groups is 1. The second kappa shape index (κ2) is 11.1. The van der Waals surface area contributed by atoms with Crippen LogP contribution in [-0.2, 0) is 15.7 Å². The summed E-state index contributed by atoms with van der Waals surface area (Å²) in [6.45, 7) is 6.23. The fourth-order valence-corrected chi connectivity index (χ4v) is 5.72. The lowest BCUT2D eigenvalue weighted by Gasteiger charge is -2.44. The number of halogens is 3. The van der Waals surface area contributed by atoms with E-state index in [-0.39, 0.29) is 12.5 Å². The molecule has 0 saturated carbocycles. The van der Waals surface area contributed by atoms with Gasteiger partial charge in [0.2, 0.25) is 0 Å². The predicted octanol–water partition coefficient (Wildman–Crippen LogP) is 7.29. The Labute approximate surface area is 222 Å². The first-order valence-electron chi connectivity index (χ1n) is 13.2. The van der Waals surface area contributed by atoms with Gasteiger partial charge in [0, 0.05) is 18.0 Å². The van der Waals surface area contributed by atoms with Gasteiger partial charge in [0.05, 0.1) is 31.6 Å². The molecule has 0 N–H and O–H groups in total. The summed E-state index contributed by atoms with van der Waals surface area (Å²) in [4.78, 5) is 19.0. The fraction of sp³-hybridized carbons (Fsp3) is 0.586. The maximum Gasteiger partial charge on any atom is 0.433 e. The average molecular weight is 535 g/mol. The quantitative estimate of drug-likeness (QED) is 0.414. The van der Waals surface area contributed by atoms with E-state index < -0.39 is 35.2 Å². The molecule has 1 aromatic carbocycles. The molecule has 1 unspecified atom stereocenters. The molecule has 208 valence electrons. The van der Waals surface area contributed by atoms with Gasteiger partial charge < -0.3 is 14.2 Å². The van der Waals surface area contributed by atoms with Crippen LogP contribution in [0, 0.1) is 0 Å². The van der Waals surface area contributed by atoms with Crippen LogP contribution in [0.1, 0.15) is 88.1 Å². The minimum Gasteiger partial charge on any atom is -0.495 e. The molecule has 4 rings (SSSR count). The molecule has 1 aromatic heterocycles. The summed E-state index contributed by atoms with van der Waals surface area (Å²) >= 11 is 0. The lowest BCUT2D eigenvalue weighted by molar-refractivity contribution is -0.141. The number of ether oxygens (including phenoxy) is 3. The van der Waals surface area contributed by atoms with Gasteiger partial charge in [-0.25, -0.2) is 9.78 Å². The Hall–Kier alpha value is -2.81. The minimum absolute atomic E-state index is 0.211. The number of hydrogen-bond donors (Lipinski definition) is 0. The largest absolute Gasteiger partial charge is 0.495 e. The van der Waals surface area contributed by atoms with Gasteiger partial charge in [-0.1, -0.05) is 49.6 Å². The Balaban J connectivity index is 1.79. The number of pyridine rings is 1. The van der Waals surface area contributed by atoms with Crippen molar-refractivity contribution in [2.45, 2.75) is 88.6 Å². The molecule has 3 atom stereocenters. The number of alkyl halides is 3. The zero-order valence-corrected chi connectivity index (χ0v) is 22.5. The Morgan fingerprint density at radius 1 is 1.11 bits per heavy atom. The van der Waals surface area contributed by atoms with Crippen molar-refractivity contribution in [1.82, 2.24) is 9.88 Å². The van der Waals surface area contributed by atoms with Crippen molar-refractivity contribution in [1.29, 1.82) is 0 Å². The summed E-state index contributed by atoms with van der Waals surface area (Å²) in [7, 11) is 1.43. The van der Waals surface area contributed by atoms with Gasteiger partial charge in [-0.2, -0.15) is 13.2 Å². The molecule has 2 fully saturated rings. The van der Waals surface area contributed by atoms with E-state index >= 15 is 0 Å². The van der Waals surface area contributed by atoms with Gasteiger partial charge in [-0.3, -0.25) is 4.90 Å². The smallest absolute Gasteiger partial charge is 0.433 e. The first-order valence-corrected chi connectivity index (χ1v) is 13.2. The zero-order valence-electron chi connectivity index (χ0n) is 22.5. The Kier molecular flexibility index (Phi) is 8.26. The molecule has 9 heteroatoms. The second-order valence-electron chi connectivity index (χ2n) is 11.2. The van der Waals surface area contributed by atoms with Crippen LogP contribution in [0.2, 0.25) is 0 Å². The Morgan fingerprint density at radius 2 is 1.82 bits per heavy atom. The first kappa shape index (κ1) is 28.2. The monoisotopic (exact) mass is 534 g/mol. The maximum atomic E-state index is 13.6. The molecule has 2 aromatic rings. The Bertz CT molecular complexity index is 1100. The highest BCUT2D eigenvalue weighted by molar-refractivity contribution is 5.69. The summed E-state index contributed by atoms with van der Waals surface area (Å²) in [6, 6.07) is 10.3. The summed E-state index contributed by atoms with van der Waals surface area (Å²) in [6.07, 6.45) is 0.911. The van der Waals surface area contributed by atoms with Crippen molar-refractivity contribution in [2.75, 3.05) is 20.3 Å². The zero-order chi connectivity index (χ0) is 27.6. The number of rotatable bonds is 3. The number of carbonyl (C=O) groups excluding carboxylic acids is 1. The standard InChI is InChI=1S/C29H37F3N2O4/c1-27(2,3)38-26(35)34-15-11-6-5-10-14-28(25(34)20-12-8-7-9-13-20)17-21(19-37-28)22-16-24(29(30,31)32)33-18-23(22)36-4/h7-9,12-13,16,18,21,25H,5-6,10-11,14-15,17,19H2,1-4H3/t21-,25-,28?/m0/s1. The second-order valence-corrected chi connectivity index (χ2v) is 11.2. The number of hydrogen-bond acceptors (Lipinski definition) is 5. The average Bonchev–Trinajstić information content (AvgIpc) is 3.31. The molecule has 6 nitrogen and oxygen atoms in total. The highest BCUT2D eigenvalue weighted by Crippen LogP contribution is 2.51. The molecule has 2 saturated heterocycles. The topological polar surface area (TPSA) is 60.9 Å². The molecule has 38 heavy (non-hydrogen) atoms. The van der Waals surface area contributed by atoms with E-state index in [1.807, 2.05) is 51.1 Å². The predicted molar refractivity (Wildman–Crippen MR) is 137 cm³/mol. The number of nitrogens with zero attached hydrogens (tertiary/aromatic N) is 2. The van der Waals surface area contributed by atoms with Crippen LogP contribution >= 0.6 is 0 Å². The molecular weight excluding hydrogens is 497 g/mol. The molecule has 1 amide bonds. The van der Waals surface area contributed by atoms with E-state index in [4.69, 9.17) is 14.2 Å². The van der Waals surface area contributed by atoms with E-state index in [1.54, 1.807) is 4.90 Å². The van der Waals surface area contributed by atoms with Gasteiger partial charge >= 0.3 is 12.3 Å². The number of benzene rings is 1. The molecule has 0 radical (unpaired) electrons. The van der Waals surface area contributed by atoms with Gasteiger partial charge in [0.1, 0.15) is 17.0 Å². The van der Waals surface area contributed by atoms with Gasteiger partial charge in [0.15, 0.2) is 0 Å². The van der Waals surface area contributed by atoms with E-state index in [1.165, 1.54) is 7.11 Å². The SMILES string of the molecule is COc1cnc(C(F)(F)F)cc1[C@@H]1COC2(CCCCCCN(C(=O)OC(C)(C)C)[C@H]2c2ccccc2)C1. The van der Waals surface area contributed by atoms with Crippen LogP contribution in [0.15, 0.2) is 42.6 Å². The third kappa shape index (κ3) is 6.25. The molecule has 3 heterocycles. The molecule has 1 spiro atoms. The van der Waals surface area contributed by atoms with Crippen molar-refractivity contribution in [3.63, 3.8) is 0 Å². The molecule has 2 aliphatic rings. The minimum atomic E-state index is -4.57. The van der Waals surface area contributed by atoms with Crippen LogP contribution in [0.25, 0.3) is 0 Å². The van der Waals surface area contributed by atoms with Crippen LogP contribution in [0.4, 0.5) is 18.0 Å². The van der Waals surface area contributed by atoms with Crippen LogP contribution in [0.3, 0.4) is 0 Å². The first-order chi connectivity index (χ1) is 17.9. The maximum absolute atomic E-state index is 13.6. The number of methoxy groups -OCH3 is 1. The molecule has 0 aliphatic carbocycles. The van der Waals surface area contributed by atoms with Crippen molar-refractivity contribution in [3.8, 4) is 5.75 Å². The molecule has 0 bridgehead atoms. The van der Waals surface area contributed by atoms with Crippen molar-refractivity contribution < 1.29 is 32.2 Å². The summed E-state index contributed by atoms with van der Waals surface area (Å²) in [5.41, 5.74) is -1.11. The van der Waals surface area contributed by atoms with Gasteiger partial charge in [0.25, 0.3) is 0 Å². The van der Waals surface area contributed by atoms with Crippen molar-refractivity contribution in [2.24, 2.45) is 0 Å². The van der Waals surface area contributed by atoms with E-state index in [9.17, 15) is 18.0 Å². The molecule has 2 aliphatic heterocycles.